The number of hydrogen-bond acceptors (Lipinski definition) is 9. The number of allylic oxidation sites excluding steroid dienone is 5. The summed E-state index contributed by atoms with van der Waals surface area (Å²) in [6.07, 6.45) is 15.9. The van der Waals surface area contributed by atoms with Gasteiger partial charge in [0.2, 0.25) is 23.5 Å². The van der Waals surface area contributed by atoms with Gasteiger partial charge in [-0.05, 0) is 67.8 Å². The maximum Gasteiger partial charge on any atom is 0.407 e. The number of carbonyl (C=O) groups excluding carboxylic acids is 7. The van der Waals surface area contributed by atoms with E-state index in [0.29, 0.717) is 31.4 Å². The maximum atomic E-state index is 14.5. The lowest BCUT2D eigenvalue weighted by Crippen LogP contribution is -2.58. The van der Waals surface area contributed by atoms with Gasteiger partial charge in [0, 0.05) is 6.54 Å². The Kier molecular flexibility index (Phi) is 15.2. The molecule has 53 heavy (non-hydrogen) atoms. The number of esters is 1. The Labute approximate surface area is 312 Å². The fraction of sp³-hybridized carbons (Fsp3) is 0.667. The van der Waals surface area contributed by atoms with Crippen LogP contribution in [-0.4, -0.2) is 91.3 Å². The monoisotopic (exact) mass is 739 g/mol. The van der Waals surface area contributed by atoms with Crippen molar-refractivity contribution in [1.82, 2.24) is 26.2 Å². The number of rotatable bonds is 15. The van der Waals surface area contributed by atoms with Crippen molar-refractivity contribution in [2.75, 3.05) is 26.8 Å². The third-order valence-electron chi connectivity index (χ3n) is 10.7. The SMILES string of the molecule is CCCC(NC(=O)[C@@H]1CC2(CCCC2)CN1C(=O)[C@@H](NC(=O)OCC(C)C)C1CCCCC1)C(=O)C(=O)NCC(=O)NC(C(=O)OC)=C1C=CC=CC1. The second-order valence-electron chi connectivity index (χ2n) is 15.2. The molecule has 3 aliphatic carbocycles. The number of hydrogen-bond donors (Lipinski definition) is 4. The molecule has 3 atom stereocenters. The van der Waals surface area contributed by atoms with Gasteiger partial charge < -0.3 is 35.6 Å². The Morgan fingerprint density at radius 2 is 1.68 bits per heavy atom. The lowest BCUT2D eigenvalue weighted by atomic mass is 9.83. The highest BCUT2D eigenvalue weighted by Gasteiger charge is 2.52. The van der Waals surface area contributed by atoms with E-state index in [1.54, 1.807) is 29.2 Å². The molecule has 1 heterocycles. The molecule has 2 saturated carbocycles. The van der Waals surface area contributed by atoms with Crippen molar-refractivity contribution in [3.8, 4) is 0 Å². The van der Waals surface area contributed by atoms with Gasteiger partial charge >= 0.3 is 12.1 Å². The highest BCUT2D eigenvalue weighted by atomic mass is 16.5. The molecule has 292 valence electrons. The van der Waals surface area contributed by atoms with E-state index in [0.717, 1.165) is 57.8 Å². The average Bonchev–Trinajstić information content (AvgIpc) is 3.80. The number of nitrogens with zero attached hydrogens (tertiary/aromatic N) is 1. The van der Waals surface area contributed by atoms with Crippen molar-refractivity contribution in [3.63, 3.8) is 0 Å². The summed E-state index contributed by atoms with van der Waals surface area (Å²) in [6.45, 7) is 5.64. The standard InChI is InChI=1S/C39H57N5O9/c1-5-14-28(33(46)35(48)40-22-30(45)42-32(37(50)52-4)27-17-10-7-11-18-27)41-34(47)29-21-39(19-12-13-20-39)24-44(29)36(49)31(26-15-8-6-9-16-26)43-38(51)53-23-25(2)3/h7,10-11,17,25-26,28-29,31H,5-6,8-9,12-16,18-24H2,1-4H3,(H,40,48)(H,41,47)(H,42,45)(H,43,51)/t28?,29-,31-/m0/s1. The fourth-order valence-corrected chi connectivity index (χ4v) is 7.93. The molecule has 1 unspecified atom stereocenters. The summed E-state index contributed by atoms with van der Waals surface area (Å²) >= 11 is 0. The maximum absolute atomic E-state index is 14.5. The number of nitrogens with one attached hydrogen (secondary N) is 4. The van der Waals surface area contributed by atoms with Gasteiger partial charge in [0.15, 0.2) is 0 Å². The summed E-state index contributed by atoms with van der Waals surface area (Å²) in [5, 5.41) is 10.4. The second-order valence-corrected chi connectivity index (χ2v) is 15.2. The molecule has 4 rings (SSSR count). The minimum atomic E-state index is -1.20. The number of alkyl carbamates (subject to hydrolysis) is 1. The molecule has 0 aromatic carbocycles. The molecule has 0 bridgehead atoms. The highest BCUT2D eigenvalue weighted by Crippen LogP contribution is 2.48. The van der Waals surface area contributed by atoms with Crippen molar-refractivity contribution in [3.05, 3.63) is 35.6 Å². The van der Waals surface area contributed by atoms with Crippen LogP contribution in [0.15, 0.2) is 35.6 Å². The molecule has 3 fully saturated rings. The molecular formula is C39H57N5O9. The summed E-state index contributed by atoms with van der Waals surface area (Å²) in [6, 6.07) is -2.94. The average molecular weight is 740 g/mol. The van der Waals surface area contributed by atoms with E-state index in [9.17, 15) is 33.6 Å². The van der Waals surface area contributed by atoms with Crippen LogP contribution in [0.2, 0.25) is 0 Å². The molecule has 1 saturated heterocycles. The van der Waals surface area contributed by atoms with Gasteiger partial charge in [0.25, 0.3) is 5.91 Å². The first-order valence-electron chi connectivity index (χ1n) is 19.2. The van der Waals surface area contributed by atoms with Crippen LogP contribution in [-0.2, 0) is 38.2 Å². The molecule has 0 aromatic heterocycles. The highest BCUT2D eigenvalue weighted by molar-refractivity contribution is 6.38. The van der Waals surface area contributed by atoms with Gasteiger partial charge in [-0.25, -0.2) is 9.59 Å². The van der Waals surface area contributed by atoms with Crippen molar-refractivity contribution < 1.29 is 43.0 Å². The number of ether oxygens (including phenoxy) is 2. The van der Waals surface area contributed by atoms with Crippen LogP contribution in [0.25, 0.3) is 0 Å². The van der Waals surface area contributed by atoms with Gasteiger partial charge in [0.05, 0.1) is 26.3 Å². The first-order chi connectivity index (χ1) is 25.4. The van der Waals surface area contributed by atoms with Crippen molar-refractivity contribution in [2.45, 2.75) is 122 Å². The zero-order chi connectivity index (χ0) is 38.5. The Bertz CT molecular complexity index is 1470. The molecule has 5 amide bonds. The molecule has 0 radical (unpaired) electrons. The van der Waals surface area contributed by atoms with Crippen molar-refractivity contribution in [2.24, 2.45) is 17.3 Å². The summed E-state index contributed by atoms with van der Waals surface area (Å²) in [7, 11) is 1.19. The lowest BCUT2D eigenvalue weighted by molar-refractivity contribution is -0.143. The van der Waals surface area contributed by atoms with E-state index in [4.69, 9.17) is 9.47 Å². The Hall–Kier alpha value is -4.49. The molecule has 14 nitrogen and oxygen atoms in total. The first kappa shape index (κ1) is 41.3. The molecule has 1 aliphatic heterocycles. The number of amides is 5. The van der Waals surface area contributed by atoms with Crippen LogP contribution in [0.5, 0.6) is 0 Å². The second kappa shape index (κ2) is 19.5. The smallest absolute Gasteiger partial charge is 0.407 e. The van der Waals surface area contributed by atoms with Crippen LogP contribution in [0.4, 0.5) is 4.79 Å². The number of carbonyl (C=O) groups is 7. The van der Waals surface area contributed by atoms with E-state index in [1.165, 1.54) is 7.11 Å². The minimum absolute atomic E-state index is 0.0705. The number of likely N-dealkylation sites (tertiary alicyclic amines) is 1. The topological polar surface area (TPSA) is 189 Å². The van der Waals surface area contributed by atoms with Gasteiger partial charge in [-0.2, -0.15) is 0 Å². The quantitative estimate of drug-likeness (QED) is 0.111. The fourth-order valence-electron chi connectivity index (χ4n) is 7.93. The van der Waals surface area contributed by atoms with Crippen LogP contribution in [0.3, 0.4) is 0 Å². The summed E-state index contributed by atoms with van der Waals surface area (Å²) < 4.78 is 10.2. The molecular weight excluding hydrogens is 682 g/mol. The predicted octanol–water partition coefficient (Wildman–Crippen LogP) is 3.51. The van der Waals surface area contributed by atoms with Gasteiger partial charge in [-0.1, -0.05) is 83.6 Å². The number of methoxy groups -OCH3 is 1. The molecule has 4 aliphatic rings. The summed E-state index contributed by atoms with van der Waals surface area (Å²) in [4.78, 5) is 94.7. The minimum Gasteiger partial charge on any atom is -0.464 e. The predicted molar refractivity (Wildman–Crippen MR) is 196 cm³/mol. The van der Waals surface area contributed by atoms with Crippen LogP contribution in [0, 0.1) is 17.3 Å². The Morgan fingerprint density at radius 1 is 0.962 bits per heavy atom. The number of ketones is 1. The van der Waals surface area contributed by atoms with Crippen molar-refractivity contribution in [1.29, 1.82) is 0 Å². The van der Waals surface area contributed by atoms with E-state index < -0.39 is 60.2 Å². The van der Waals surface area contributed by atoms with Gasteiger partial charge in [0.1, 0.15) is 17.8 Å². The van der Waals surface area contributed by atoms with E-state index in [1.807, 2.05) is 20.8 Å². The molecule has 1 spiro atoms. The van der Waals surface area contributed by atoms with E-state index in [2.05, 4.69) is 21.3 Å². The normalized spacial score (nSPS) is 21.5. The number of Topliss-reactive ketones (excluding diaryl/α,β-unsaturated/α-hetero) is 1. The third-order valence-corrected chi connectivity index (χ3v) is 10.7. The summed E-state index contributed by atoms with van der Waals surface area (Å²) in [5.74, 6) is -4.34. The van der Waals surface area contributed by atoms with Crippen LogP contribution >= 0.6 is 0 Å². The van der Waals surface area contributed by atoms with Gasteiger partial charge in [-0.15, -0.1) is 0 Å². The van der Waals surface area contributed by atoms with E-state index in [-0.39, 0.29) is 41.9 Å². The summed E-state index contributed by atoms with van der Waals surface area (Å²) in [5.41, 5.74) is 0.203. The van der Waals surface area contributed by atoms with Crippen LogP contribution in [0.1, 0.15) is 104 Å². The Morgan fingerprint density at radius 3 is 2.30 bits per heavy atom. The van der Waals surface area contributed by atoms with Crippen LogP contribution < -0.4 is 21.3 Å². The van der Waals surface area contributed by atoms with Gasteiger partial charge in [-0.3, -0.25) is 24.0 Å². The largest absolute Gasteiger partial charge is 0.464 e. The molecule has 4 N–H and O–H groups in total. The zero-order valence-corrected chi connectivity index (χ0v) is 31.6. The van der Waals surface area contributed by atoms with E-state index >= 15 is 0 Å². The zero-order valence-electron chi connectivity index (χ0n) is 31.6. The first-order valence-corrected chi connectivity index (χ1v) is 19.2. The molecule has 14 heteroatoms. The lowest BCUT2D eigenvalue weighted by Gasteiger charge is -2.35. The third kappa shape index (κ3) is 11.3. The Balaban J connectivity index is 1.46. The van der Waals surface area contributed by atoms with Crippen molar-refractivity contribution >= 4 is 41.5 Å². The molecule has 0 aromatic rings.